The minimum Gasteiger partial charge on any atom is -0.370 e. The van der Waals surface area contributed by atoms with Gasteiger partial charge in [-0.3, -0.25) is 14.4 Å². The van der Waals surface area contributed by atoms with E-state index in [-0.39, 0.29) is 24.8 Å². The number of carbonyl (C=O) groups excluding carboxylic acids is 3. The molecular weight excluding hydrogens is 284 g/mol. The number of nitrogens with two attached hydrogens (primary N) is 2. The zero-order chi connectivity index (χ0) is 16.5. The van der Waals surface area contributed by atoms with Crippen LogP contribution in [-0.4, -0.2) is 30.3 Å². The van der Waals surface area contributed by atoms with E-state index in [4.69, 9.17) is 11.5 Å². The summed E-state index contributed by atoms with van der Waals surface area (Å²) in [6.45, 7) is 2.08. The van der Waals surface area contributed by atoms with Gasteiger partial charge in [0.2, 0.25) is 11.8 Å². The van der Waals surface area contributed by atoms with Crippen molar-refractivity contribution >= 4 is 23.4 Å². The molecule has 1 aromatic carbocycles. The molecule has 0 radical (unpaired) electrons. The van der Waals surface area contributed by atoms with Crippen molar-refractivity contribution in [2.45, 2.75) is 32.2 Å². The molecule has 0 aliphatic heterocycles. The molecule has 3 amide bonds. The Morgan fingerprint density at radius 3 is 2.55 bits per heavy atom. The van der Waals surface area contributed by atoms with Crippen LogP contribution < -0.4 is 22.1 Å². The van der Waals surface area contributed by atoms with Gasteiger partial charge in [-0.25, -0.2) is 0 Å². The quantitative estimate of drug-likeness (QED) is 0.553. The Morgan fingerprint density at radius 1 is 1.23 bits per heavy atom. The summed E-state index contributed by atoms with van der Waals surface area (Å²) in [7, 11) is 0. The highest BCUT2D eigenvalue weighted by atomic mass is 16.2. The lowest BCUT2D eigenvalue weighted by Crippen LogP contribution is -2.36. The van der Waals surface area contributed by atoms with Gasteiger partial charge >= 0.3 is 0 Å². The number of amides is 3. The molecule has 0 heterocycles. The predicted octanol–water partition coefficient (Wildman–Crippen LogP) is 0.358. The number of carbonyl (C=O) groups is 3. The van der Waals surface area contributed by atoms with Gasteiger partial charge in [-0.1, -0.05) is 25.5 Å². The predicted molar refractivity (Wildman–Crippen MR) is 84.1 cm³/mol. The first-order valence-corrected chi connectivity index (χ1v) is 7.17. The van der Waals surface area contributed by atoms with Crippen molar-refractivity contribution in [1.29, 1.82) is 0 Å². The molecule has 1 unspecified atom stereocenters. The molecule has 0 aliphatic rings. The molecule has 0 spiro atoms. The minimum absolute atomic E-state index is 0.0572. The fourth-order valence-electron chi connectivity index (χ4n) is 1.85. The van der Waals surface area contributed by atoms with Crippen molar-refractivity contribution in [3.63, 3.8) is 0 Å². The van der Waals surface area contributed by atoms with Crippen molar-refractivity contribution in [1.82, 2.24) is 5.32 Å². The third-order valence-corrected chi connectivity index (χ3v) is 3.02. The van der Waals surface area contributed by atoms with Crippen LogP contribution in [0.15, 0.2) is 24.3 Å². The lowest BCUT2D eigenvalue weighted by Gasteiger charge is -2.14. The molecule has 0 saturated carbocycles. The van der Waals surface area contributed by atoms with E-state index < -0.39 is 11.9 Å². The van der Waals surface area contributed by atoms with E-state index in [0.29, 0.717) is 17.7 Å². The summed E-state index contributed by atoms with van der Waals surface area (Å²) in [5.41, 5.74) is 11.5. The maximum Gasteiger partial charge on any atom is 0.253 e. The minimum atomic E-state index is -0.615. The van der Waals surface area contributed by atoms with Gasteiger partial charge in [0, 0.05) is 13.0 Å². The van der Waals surface area contributed by atoms with Gasteiger partial charge in [-0.05, 0) is 18.6 Å². The zero-order valence-corrected chi connectivity index (χ0v) is 12.6. The van der Waals surface area contributed by atoms with E-state index in [1.54, 1.807) is 24.3 Å². The average molecular weight is 306 g/mol. The van der Waals surface area contributed by atoms with Gasteiger partial charge in [0.05, 0.1) is 17.3 Å². The first-order valence-electron chi connectivity index (χ1n) is 7.17. The molecule has 0 fully saturated rings. The smallest absolute Gasteiger partial charge is 0.253 e. The van der Waals surface area contributed by atoms with Crippen molar-refractivity contribution in [3.8, 4) is 0 Å². The van der Waals surface area contributed by atoms with Gasteiger partial charge in [0.15, 0.2) is 0 Å². The Balaban J connectivity index is 2.74. The van der Waals surface area contributed by atoms with Crippen molar-refractivity contribution in [3.05, 3.63) is 29.8 Å². The highest BCUT2D eigenvalue weighted by molar-refractivity contribution is 6.04. The van der Waals surface area contributed by atoms with Crippen molar-refractivity contribution in [2.75, 3.05) is 11.9 Å². The molecule has 1 atom stereocenters. The van der Waals surface area contributed by atoms with E-state index >= 15 is 0 Å². The number of nitrogens with one attached hydrogen (secondary N) is 2. The van der Waals surface area contributed by atoms with E-state index in [1.807, 2.05) is 6.92 Å². The van der Waals surface area contributed by atoms with E-state index in [0.717, 1.165) is 6.42 Å². The number of hydrogen-bond acceptors (Lipinski definition) is 4. The molecule has 0 bridgehead atoms. The van der Waals surface area contributed by atoms with Crippen LogP contribution >= 0.6 is 0 Å². The molecule has 1 aromatic rings. The van der Waals surface area contributed by atoms with Crippen molar-refractivity contribution < 1.29 is 14.4 Å². The van der Waals surface area contributed by atoms with Gasteiger partial charge in [-0.15, -0.1) is 0 Å². The van der Waals surface area contributed by atoms with Gasteiger partial charge in [-0.2, -0.15) is 0 Å². The van der Waals surface area contributed by atoms with Crippen molar-refractivity contribution in [2.24, 2.45) is 11.5 Å². The normalized spacial score (nSPS) is 11.5. The van der Waals surface area contributed by atoms with E-state index in [2.05, 4.69) is 10.6 Å². The number of primary amides is 1. The highest BCUT2D eigenvalue weighted by Gasteiger charge is 2.16. The molecule has 6 N–H and O–H groups in total. The van der Waals surface area contributed by atoms with Crippen LogP contribution in [0.25, 0.3) is 0 Å². The van der Waals surface area contributed by atoms with Gasteiger partial charge < -0.3 is 22.1 Å². The Bertz CT molecular complexity index is 545. The molecular formula is C15H22N4O3. The number of anilines is 1. The molecule has 0 saturated heterocycles. The maximum absolute atomic E-state index is 12.1. The van der Waals surface area contributed by atoms with E-state index in [1.165, 1.54) is 0 Å². The number of hydrogen-bond donors (Lipinski definition) is 4. The summed E-state index contributed by atoms with van der Waals surface area (Å²) in [5, 5.41) is 5.23. The second-order valence-electron chi connectivity index (χ2n) is 4.90. The highest BCUT2D eigenvalue weighted by Crippen LogP contribution is 2.15. The molecule has 22 heavy (non-hydrogen) atoms. The van der Waals surface area contributed by atoms with Crippen LogP contribution in [0.2, 0.25) is 0 Å². The van der Waals surface area contributed by atoms with Gasteiger partial charge in [0.25, 0.3) is 5.91 Å². The third-order valence-electron chi connectivity index (χ3n) is 3.02. The largest absolute Gasteiger partial charge is 0.370 e. The topological polar surface area (TPSA) is 127 Å². The third kappa shape index (κ3) is 5.53. The molecule has 120 valence electrons. The van der Waals surface area contributed by atoms with E-state index in [9.17, 15) is 14.4 Å². The standard InChI is InChI=1S/C15H22N4O3/c1-2-5-11(16)15(22)19-12-7-4-3-6-10(12)14(21)18-9-8-13(17)20/h3-4,6-7,11H,2,5,8-9,16H2,1H3,(H2,17,20)(H,18,21)(H,19,22). The van der Waals surface area contributed by atoms with Crippen LogP contribution in [0, 0.1) is 0 Å². The molecule has 7 heteroatoms. The lowest BCUT2D eigenvalue weighted by molar-refractivity contribution is -0.118. The Hall–Kier alpha value is -2.41. The summed E-state index contributed by atoms with van der Waals surface area (Å²) in [4.78, 5) is 34.7. The number of benzene rings is 1. The second-order valence-corrected chi connectivity index (χ2v) is 4.90. The summed E-state index contributed by atoms with van der Waals surface area (Å²) < 4.78 is 0. The summed E-state index contributed by atoms with van der Waals surface area (Å²) in [6.07, 6.45) is 1.42. The molecule has 1 rings (SSSR count). The first kappa shape index (κ1) is 17.6. The Labute approximate surface area is 129 Å². The average Bonchev–Trinajstić information content (AvgIpc) is 2.47. The fraction of sp³-hybridized carbons (Fsp3) is 0.400. The first-order chi connectivity index (χ1) is 10.5. The monoisotopic (exact) mass is 306 g/mol. The summed E-state index contributed by atoms with van der Waals surface area (Å²) in [5.74, 6) is -1.21. The van der Waals surface area contributed by atoms with Crippen LogP contribution in [0.4, 0.5) is 5.69 Å². The summed E-state index contributed by atoms with van der Waals surface area (Å²) in [6, 6.07) is 5.99. The number of para-hydroxylation sites is 1. The van der Waals surface area contributed by atoms with Crippen LogP contribution in [0.3, 0.4) is 0 Å². The number of rotatable bonds is 8. The Morgan fingerprint density at radius 2 is 1.91 bits per heavy atom. The second kappa shape index (κ2) is 8.78. The maximum atomic E-state index is 12.1. The molecule has 7 nitrogen and oxygen atoms in total. The summed E-state index contributed by atoms with van der Waals surface area (Å²) >= 11 is 0. The van der Waals surface area contributed by atoms with Crippen LogP contribution in [0.1, 0.15) is 36.5 Å². The SMILES string of the molecule is CCCC(N)C(=O)Nc1ccccc1C(=O)NCCC(N)=O. The fourth-order valence-corrected chi connectivity index (χ4v) is 1.85. The van der Waals surface area contributed by atoms with Gasteiger partial charge in [0.1, 0.15) is 0 Å². The molecule has 0 aliphatic carbocycles. The molecule has 0 aromatic heterocycles. The lowest BCUT2D eigenvalue weighted by atomic mass is 10.1. The zero-order valence-electron chi connectivity index (χ0n) is 12.6. The van der Waals surface area contributed by atoms with Crippen LogP contribution in [0.5, 0.6) is 0 Å². The Kier molecular flexibility index (Phi) is 7.04. The van der Waals surface area contributed by atoms with Crippen LogP contribution in [-0.2, 0) is 9.59 Å².